The van der Waals surface area contributed by atoms with Crippen molar-refractivity contribution in [3.63, 3.8) is 0 Å². The average molecular weight is 493 g/mol. The zero-order valence-electron chi connectivity index (χ0n) is 18.5. The standard InChI is InChI=1S/C24H21FN6O3S/c1-13(15-8-11-19-18(12-15)22(26)31-24(27)30-19)21(25)23(32)29-16-9-6-14(7-10-16)17-4-2-3-5-20(17)35(28,33)34/h2-12H,1H3,(H,29,32)(H2,28,33,34)(H4,26,27,30,31)/b21-13+. The lowest BCUT2D eigenvalue weighted by Gasteiger charge is -2.10. The lowest BCUT2D eigenvalue weighted by molar-refractivity contribution is -0.114. The summed E-state index contributed by atoms with van der Waals surface area (Å²) in [5, 5.41) is 8.27. The molecular weight excluding hydrogens is 471 g/mol. The highest BCUT2D eigenvalue weighted by Gasteiger charge is 2.17. The van der Waals surface area contributed by atoms with E-state index in [1.54, 1.807) is 48.5 Å². The van der Waals surface area contributed by atoms with Crippen molar-refractivity contribution in [2.24, 2.45) is 5.14 Å². The molecule has 0 atom stereocenters. The van der Waals surface area contributed by atoms with E-state index in [0.29, 0.717) is 33.3 Å². The summed E-state index contributed by atoms with van der Waals surface area (Å²) < 4.78 is 38.7. The minimum absolute atomic E-state index is 0.0227. The maximum absolute atomic E-state index is 15.0. The molecule has 0 saturated heterocycles. The van der Waals surface area contributed by atoms with Gasteiger partial charge in [-0.2, -0.15) is 4.98 Å². The Labute approximate surface area is 200 Å². The number of halogens is 1. The van der Waals surface area contributed by atoms with Gasteiger partial charge in [0.25, 0.3) is 5.91 Å². The zero-order valence-corrected chi connectivity index (χ0v) is 19.3. The zero-order chi connectivity index (χ0) is 25.3. The number of nitrogens with zero attached hydrogens (tertiary/aromatic N) is 2. The highest BCUT2D eigenvalue weighted by molar-refractivity contribution is 7.89. The van der Waals surface area contributed by atoms with Crippen molar-refractivity contribution < 1.29 is 17.6 Å². The lowest BCUT2D eigenvalue weighted by atomic mass is 10.0. The first-order valence-corrected chi connectivity index (χ1v) is 11.8. The van der Waals surface area contributed by atoms with Crippen LogP contribution in [0.15, 0.2) is 77.5 Å². The van der Waals surface area contributed by atoms with Crippen LogP contribution in [-0.4, -0.2) is 24.3 Å². The highest BCUT2D eigenvalue weighted by atomic mass is 32.2. The van der Waals surface area contributed by atoms with Gasteiger partial charge in [0.05, 0.1) is 10.4 Å². The highest BCUT2D eigenvalue weighted by Crippen LogP contribution is 2.29. The number of amides is 1. The molecule has 0 bridgehead atoms. The first-order chi connectivity index (χ1) is 16.5. The summed E-state index contributed by atoms with van der Waals surface area (Å²) in [6.07, 6.45) is 0. The van der Waals surface area contributed by atoms with Crippen LogP contribution in [0.3, 0.4) is 0 Å². The van der Waals surface area contributed by atoms with E-state index in [1.807, 2.05) is 0 Å². The first-order valence-electron chi connectivity index (χ1n) is 10.3. The molecule has 1 heterocycles. The average Bonchev–Trinajstić information content (AvgIpc) is 2.83. The number of carbonyl (C=O) groups excluding carboxylic acids is 1. The molecule has 0 radical (unpaired) electrons. The molecule has 4 aromatic rings. The number of aromatic nitrogens is 2. The third kappa shape index (κ3) is 4.95. The topological polar surface area (TPSA) is 167 Å². The maximum Gasteiger partial charge on any atom is 0.284 e. The van der Waals surface area contributed by atoms with Gasteiger partial charge >= 0.3 is 0 Å². The molecule has 1 aromatic heterocycles. The largest absolute Gasteiger partial charge is 0.383 e. The molecule has 0 aliphatic heterocycles. The van der Waals surface area contributed by atoms with E-state index in [9.17, 15) is 17.6 Å². The molecule has 0 saturated carbocycles. The van der Waals surface area contributed by atoms with E-state index in [-0.39, 0.29) is 22.2 Å². The van der Waals surface area contributed by atoms with E-state index < -0.39 is 21.8 Å². The molecular formula is C24H21FN6O3S. The molecule has 7 N–H and O–H groups in total. The molecule has 0 spiro atoms. The normalized spacial score (nSPS) is 12.3. The van der Waals surface area contributed by atoms with Crippen LogP contribution in [0.5, 0.6) is 0 Å². The number of nitrogen functional groups attached to an aromatic ring is 2. The molecule has 0 unspecified atom stereocenters. The first kappa shape index (κ1) is 23.8. The number of nitrogens with one attached hydrogen (secondary N) is 1. The Bertz CT molecular complexity index is 1600. The van der Waals surface area contributed by atoms with Gasteiger partial charge < -0.3 is 16.8 Å². The second-order valence-electron chi connectivity index (χ2n) is 7.71. The maximum atomic E-state index is 15.0. The summed E-state index contributed by atoms with van der Waals surface area (Å²) in [4.78, 5) is 20.5. The van der Waals surface area contributed by atoms with Crippen LogP contribution < -0.4 is 21.9 Å². The van der Waals surface area contributed by atoms with Crippen LogP contribution in [0.2, 0.25) is 0 Å². The molecule has 9 nitrogen and oxygen atoms in total. The van der Waals surface area contributed by atoms with Gasteiger partial charge in [-0.05, 0) is 54.0 Å². The van der Waals surface area contributed by atoms with E-state index in [4.69, 9.17) is 16.6 Å². The van der Waals surface area contributed by atoms with Crippen molar-refractivity contribution in [3.8, 4) is 11.1 Å². The SMILES string of the molecule is C/C(=C(\F)C(=O)Nc1ccc(-c2ccccc2S(N)(=O)=O)cc1)c1ccc2nc(N)nc(N)c2c1. The minimum atomic E-state index is -3.92. The van der Waals surface area contributed by atoms with Crippen molar-refractivity contribution in [3.05, 3.63) is 78.1 Å². The van der Waals surface area contributed by atoms with Gasteiger partial charge in [-0.15, -0.1) is 0 Å². The molecule has 0 aliphatic carbocycles. The Morgan fingerprint density at radius 3 is 2.34 bits per heavy atom. The number of sulfonamides is 1. The van der Waals surface area contributed by atoms with Crippen LogP contribution >= 0.6 is 0 Å². The summed E-state index contributed by atoms with van der Waals surface area (Å²) in [7, 11) is -3.92. The van der Waals surface area contributed by atoms with Crippen LogP contribution in [0.4, 0.5) is 21.8 Å². The fraction of sp³-hybridized carbons (Fsp3) is 0.0417. The number of primary sulfonamides is 1. The van der Waals surface area contributed by atoms with E-state index in [0.717, 1.165) is 0 Å². The Balaban J connectivity index is 1.58. The van der Waals surface area contributed by atoms with E-state index >= 15 is 0 Å². The van der Waals surface area contributed by atoms with Crippen LogP contribution in [0.25, 0.3) is 27.6 Å². The predicted octanol–water partition coefficient (Wildman–Crippen LogP) is 3.45. The van der Waals surface area contributed by atoms with Crippen molar-refractivity contribution in [1.29, 1.82) is 0 Å². The molecule has 1 amide bonds. The fourth-order valence-corrected chi connectivity index (χ4v) is 4.33. The number of fused-ring (bicyclic) bond motifs is 1. The molecule has 3 aromatic carbocycles. The molecule has 4 rings (SSSR count). The summed E-state index contributed by atoms with van der Waals surface area (Å²) >= 11 is 0. The fourth-order valence-electron chi connectivity index (χ4n) is 3.57. The lowest BCUT2D eigenvalue weighted by Crippen LogP contribution is -2.13. The van der Waals surface area contributed by atoms with Gasteiger partial charge in [0, 0.05) is 16.6 Å². The second kappa shape index (κ2) is 9.12. The third-order valence-electron chi connectivity index (χ3n) is 5.35. The van der Waals surface area contributed by atoms with E-state index in [1.165, 1.54) is 25.1 Å². The number of hydrogen-bond acceptors (Lipinski definition) is 7. The van der Waals surface area contributed by atoms with Crippen LogP contribution in [0, 0.1) is 0 Å². The second-order valence-corrected chi connectivity index (χ2v) is 9.24. The van der Waals surface area contributed by atoms with Crippen molar-refractivity contribution in [2.75, 3.05) is 16.8 Å². The van der Waals surface area contributed by atoms with Crippen molar-refractivity contribution in [2.45, 2.75) is 11.8 Å². The van der Waals surface area contributed by atoms with Crippen LogP contribution in [0.1, 0.15) is 12.5 Å². The number of carbonyl (C=O) groups is 1. The Morgan fingerprint density at radius 2 is 1.66 bits per heavy atom. The number of allylic oxidation sites excluding steroid dienone is 1. The van der Waals surface area contributed by atoms with Gasteiger partial charge in [0.15, 0.2) is 5.83 Å². The van der Waals surface area contributed by atoms with Gasteiger partial charge in [-0.25, -0.2) is 22.9 Å². The molecule has 35 heavy (non-hydrogen) atoms. The Hall–Kier alpha value is -4.35. The number of rotatable bonds is 5. The molecule has 0 aliphatic rings. The van der Waals surface area contributed by atoms with E-state index in [2.05, 4.69) is 15.3 Å². The smallest absolute Gasteiger partial charge is 0.284 e. The number of nitrogens with two attached hydrogens (primary N) is 3. The van der Waals surface area contributed by atoms with Gasteiger partial charge in [0.2, 0.25) is 16.0 Å². The molecule has 11 heteroatoms. The summed E-state index contributed by atoms with van der Waals surface area (Å²) in [5.41, 5.74) is 13.8. The summed E-state index contributed by atoms with van der Waals surface area (Å²) in [6, 6.07) is 17.4. The van der Waals surface area contributed by atoms with Crippen molar-refractivity contribution >= 4 is 49.9 Å². The summed E-state index contributed by atoms with van der Waals surface area (Å²) in [5.74, 6) is -1.75. The monoisotopic (exact) mass is 492 g/mol. The number of benzene rings is 3. The molecule has 0 fully saturated rings. The predicted molar refractivity (Wildman–Crippen MR) is 134 cm³/mol. The van der Waals surface area contributed by atoms with Crippen molar-refractivity contribution in [1.82, 2.24) is 9.97 Å². The quantitative estimate of drug-likeness (QED) is 0.309. The Kier molecular flexibility index (Phi) is 6.20. The van der Waals surface area contributed by atoms with Gasteiger partial charge in [0.1, 0.15) is 5.82 Å². The van der Waals surface area contributed by atoms with Crippen LogP contribution in [-0.2, 0) is 14.8 Å². The summed E-state index contributed by atoms with van der Waals surface area (Å²) in [6.45, 7) is 1.47. The minimum Gasteiger partial charge on any atom is -0.383 e. The Morgan fingerprint density at radius 1 is 0.971 bits per heavy atom. The third-order valence-corrected chi connectivity index (χ3v) is 6.32. The van der Waals surface area contributed by atoms with Gasteiger partial charge in [-0.1, -0.05) is 36.4 Å². The molecule has 178 valence electrons. The van der Waals surface area contributed by atoms with Gasteiger partial charge in [-0.3, -0.25) is 4.79 Å². The number of anilines is 3. The number of hydrogen-bond donors (Lipinski definition) is 4.